The molecule has 0 amide bonds. The molecule has 0 rings (SSSR count). The number of allylic oxidation sites excluding steroid dienone is 20. The first kappa shape index (κ1) is 70.3. The van der Waals surface area contributed by atoms with E-state index >= 15 is 0 Å². The molecule has 0 aliphatic rings. The molecular weight excluding hydrogens is 909 g/mol. The highest BCUT2D eigenvalue weighted by Crippen LogP contribution is 2.17. The fourth-order valence-electron chi connectivity index (χ4n) is 8.67. The van der Waals surface area contributed by atoms with Gasteiger partial charge in [-0.2, -0.15) is 0 Å². The molecule has 0 bridgehead atoms. The summed E-state index contributed by atoms with van der Waals surface area (Å²) in [6.07, 6.45) is 93.3. The van der Waals surface area contributed by atoms with Gasteiger partial charge in [-0.05, 0) is 103 Å². The Labute approximate surface area is 458 Å². The summed E-state index contributed by atoms with van der Waals surface area (Å²) in [7, 11) is 0. The molecule has 422 valence electrons. The Morgan fingerprint density at radius 3 is 0.811 bits per heavy atom. The summed E-state index contributed by atoms with van der Waals surface area (Å²) >= 11 is 0. The van der Waals surface area contributed by atoms with Crippen molar-refractivity contribution in [3.8, 4) is 0 Å². The molecule has 0 fully saturated rings. The normalized spacial score (nSPS) is 13.1. The molecule has 0 aromatic rings. The van der Waals surface area contributed by atoms with Gasteiger partial charge in [0.1, 0.15) is 6.61 Å². The molecule has 1 atom stereocenters. The van der Waals surface area contributed by atoms with Crippen molar-refractivity contribution in [2.75, 3.05) is 13.2 Å². The number of esters is 2. The Kier molecular flexibility index (Phi) is 60.4. The van der Waals surface area contributed by atoms with E-state index in [1.807, 2.05) is 0 Å². The highest BCUT2D eigenvalue weighted by Gasteiger charge is 2.16. The summed E-state index contributed by atoms with van der Waals surface area (Å²) in [5.74, 6) is -0.594. The molecule has 0 spiro atoms. The maximum atomic E-state index is 12.3. The number of hydrogen-bond donors (Lipinski definition) is 1. The Bertz CT molecular complexity index is 1490. The van der Waals surface area contributed by atoms with Gasteiger partial charge in [0.05, 0.1) is 6.61 Å². The fraction of sp³-hybridized carbons (Fsp3) is 0.681. The van der Waals surface area contributed by atoms with Crippen molar-refractivity contribution >= 4 is 11.9 Å². The number of ether oxygens (including phenoxy) is 2. The van der Waals surface area contributed by atoms with Crippen LogP contribution < -0.4 is 0 Å². The number of aliphatic hydroxyl groups excluding tert-OH is 1. The minimum atomic E-state index is -0.782. The molecule has 0 aromatic heterocycles. The van der Waals surface area contributed by atoms with E-state index in [1.54, 1.807) is 0 Å². The van der Waals surface area contributed by atoms with E-state index in [-0.39, 0.29) is 25.2 Å². The summed E-state index contributed by atoms with van der Waals surface area (Å²) in [4.78, 5) is 24.6. The van der Waals surface area contributed by atoms with Gasteiger partial charge in [0.2, 0.25) is 0 Å². The predicted molar refractivity (Wildman–Crippen MR) is 325 cm³/mol. The van der Waals surface area contributed by atoms with E-state index in [9.17, 15) is 14.7 Å². The lowest BCUT2D eigenvalue weighted by Gasteiger charge is -2.15. The Morgan fingerprint density at radius 1 is 0.311 bits per heavy atom. The van der Waals surface area contributed by atoms with Crippen molar-refractivity contribution in [3.05, 3.63) is 122 Å². The molecule has 0 aliphatic heterocycles. The SMILES string of the molecule is CC/C=C\C/C=C\C/C=C\C/C=C\C/C=C\CCCCCCCCCCCCCCCCCCCCCC(=O)OC(CO)COC(=O)CCCCCCCCCCC/C=C\C/C=C\C/C=C\C/C=C\C/C=C\CC. The third kappa shape index (κ3) is 60.9. The quantitative estimate of drug-likeness (QED) is 0.0373. The number of carbonyl (C=O) groups excluding carboxylic acids is 2. The topological polar surface area (TPSA) is 72.8 Å². The predicted octanol–water partition coefficient (Wildman–Crippen LogP) is 21.4. The Morgan fingerprint density at radius 2 is 0.541 bits per heavy atom. The summed E-state index contributed by atoms with van der Waals surface area (Å²) < 4.78 is 10.7. The zero-order valence-corrected chi connectivity index (χ0v) is 48.3. The van der Waals surface area contributed by atoms with Crippen LogP contribution in [0.3, 0.4) is 0 Å². The van der Waals surface area contributed by atoms with E-state index in [2.05, 4.69) is 135 Å². The van der Waals surface area contributed by atoms with Gasteiger partial charge < -0.3 is 14.6 Å². The first-order valence-corrected chi connectivity index (χ1v) is 31.1. The zero-order chi connectivity index (χ0) is 53.4. The summed E-state index contributed by atoms with van der Waals surface area (Å²) in [6.45, 7) is 3.93. The average molecular weight is 1030 g/mol. The zero-order valence-electron chi connectivity index (χ0n) is 48.3. The highest BCUT2D eigenvalue weighted by molar-refractivity contribution is 5.70. The summed E-state index contributed by atoms with van der Waals surface area (Å²) in [5.41, 5.74) is 0. The second-order valence-electron chi connectivity index (χ2n) is 20.4. The second-order valence-corrected chi connectivity index (χ2v) is 20.4. The lowest BCUT2D eigenvalue weighted by Crippen LogP contribution is -2.28. The van der Waals surface area contributed by atoms with Crippen LogP contribution in [-0.4, -0.2) is 36.4 Å². The molecule has 1 unspecified atom stereocenters. The maximum Gasteiger partial charge on any atom is 0.306 e. The molecule has 5 heteroatoms. The van der Waals surface area contributed by atoms with E-state index in [1.165, 1.54) is 154 Å². The Balaban J connectivity index is 3.48. The largest absolute Gasteiger partial charge is 0.462 e. The van der Waals surface area contributed by atoms with Gasteiger partial charge in [0.15, 0.2) is 6.10 Å². The van der Waals surface area contributed by atoms with E-state index in [0.29, 0.717) is 12.8 Å². The van der Waals surface area contributed by atoms with E-state index in [4.69, 9.17) is 9.47 Å². The molecule has 0 aromatic carbocycles. The van der Waals surface area contributed by atoms with Crippen molar-refractivity contribution in [2.45, 2.75) is 290 Å². The van der Waals surface area contributed by atoms with Crippen LogP contribution in [-0.2, 0) is 19.1 Å². The van der Waals surface area contributed by atoms with Crippen molar-refractivity contribution in [1.82, 2.24) is 0 Å². The number of unbranched alkanes of at least 4 members (excludes halogenated alkanes) is 28. The van der Waals surface area contributed by atoms with Crippen LogP contribution in [0.1, 0.15) is 284 Å². The molecule has 0 aliphatic carbocycles. The summed E-state index contributed by atoms with van der Waals surface area (Å²) in [6, 6.07) is 0. The van der Waals surface area contributed by atoms with Crippen LogP contribution in [0.15, 0.2) is 122 Å². The molecule has 0 saturated carbocycles. The van der Waals surface area contributed by atoms with Crippen LogP contribution in [0.25, 0.3) is 0 Å². The van der Waals surface area contributed by atoms with Gasteiger partial charge in [-0.1, -0.05) is 289 Å². The van der Waals surface area contributed by atoms with Gasteiger partial charge in [-0.15, -0.1) is 0 Å². The molecule has 5 nitrogen and oxygen atoms in total. The first-order valence-electron chi connectivity index (χ1n) is 31.1. The molecule has 74 heavy (non-hydrogen) atoms. The number of hydrogen-bond acceptors (Lipinski definition) is 5. The van der Waals surface area contributed by atoms with Crippen molar-refractivity contribution < 1.29 is 24.2 Å². The van der Waals surface area contributed by atoms with Gasteiger partial charge in [-0.25, -0.2) is 0 Å². The van der Waals surface area contributed by atoms with Crippen LogP contribution in [0.5, 0.6) is 0 Å². The van der Waals surface area contributed by atoms with Crippen LogP contribution in [0.2, 0.25) is 0 Å². The minimum absolute atomic E-state index is 0.0726. The molecule has 0 saturated heterocycles. The second kappa shape index (κ2) is 63.6. The first-order chi connectivity index (χ1) is 36.6. The lowest BCUT2D eigenvalue weighted by atomic mass is 10.0. The lowest BCUT2D eigenvalue weighted by molar-refractivity contribution is -0.161. The van der Waals surface area contributed by atoms with Crippen LogP contribution >= 0.6 is 0 Å². The van der Waals surface area contributed by atoms with Crippen molar-refractivity contribution in [2.24, 2.45) is 0 Å². The monoisotopic (exact) mass is 1020 g/mol. The van der Waals surface area contributed by atoms with Crippen molar-refractivity contribution in [3.63, 3.8) is 0 Å². The van der Waals surface area contributed by atoms with Gasteiger partial charge >= 0.3 is 11.9 Å². The average Bonchev–Trinajstić information content (AvgIpc) is 3.40. The minimum Gasteiger partial charge on any atom is -0.462 e. The third-order valence-electron chi connectivity index (χ3n) is 13.3. The molecule has 0 radical (unpaired) electrons. The molecular formula is C69H116O5. The van der Waals surface area contributed by atoms with Crippen LogP contribution in [0, 0.1) is 0 Å². The van der Waals surface area contributed by atoms with Gasteiger partial charge in [0, 0.05) is 12.8 Å². The number of rotatable bonds is 56. The fourth-order valence-corrected chi connectivity index (χ4v) is 8.67. The maximum absolute atomic E-state index is 12.3. The standard InChI is InChI=1S/C69H116O5/c1-3-5-7-9-11-13-15-17-19-21-23-25-27-29-30-31-32-33-34-35-36-37-38-40-42-44-46-48-50-52-54-56-58-60-62-64-69(72)74-67(65-70)66-73-68(71)63-61-59-57-55-53-51-49-47-45-43-41-39-28-26-24-22-20-18-16-14-12-10-8-6-4-2/h5-8,11-14,17-20,23-26,29-30,39,41,67,70H,3-4,9-10,15-16,21-22,27-28,31-38,40,42-66H2,1-2H3/b7-5-,8-6-,13-11-,14-12-,19-17-,20-18-,25-23-,26-24-,30-29-,41-39-. The van der Waals surface area contributed by atoms with Gasteiger partial charge in [-0.3, -0.25) is 9.59 Å². The van der Waals surface area contributed by atoms with Crippen LogP contribution in [0.4, 0.5) is 0 Å². The van der Waals surface area contributed by atoms with E-state index < -0.39 is 6.10 Å². The van der Waals surface area contributed by atoms with E-state index in [0.717, 1.165) is 103 Å². The Hall–Kier alpha value is -3.70. The number of aliphatic hydroxyl groups is 1. The highest BCUT2D eigenvalue weighted by atomic mass is 16.6. The summed E-state index contributed by atoms with van der Waals surface area (Å²) in [5, 5.41) is 9.68. The number of carbonyl (C=O) groups is 2. The smallest absolute Gasteiger partial charge is 0.306 e. The third-order valence-corrected chi connectivity index (χ3v) is 13.3. The molecule has 1 N–H and O–H groups in total. The van der Waals surface area contributed by atoms with Gasteiger partial charge in [0.25, 0.3) is 0 Å². The molecule has 0 heterocycles. The van der Waals surface area contributed by atoms with Crippen molar-refractivity contribution in [1.29, 1.82) is 0 Å².